The van der Waals surface area contributed by atoms with Gasteiger partial charge in [0.1, 0.15) is 0 Å². The first-order chi connectivity index (χ1) is 14.0. The predicted octanol–water partition coefficient (Wildman–Crippen LogP) is 2.57. The highest BCUT2D eigenvalue weighted by molar-refractivity contribution is 7.92. The summed E-state index contributed by atoms with van der Waals surface area (Å²) < 4.78 is 27.1. The molecule has 29 heavy (non-hydrogen) atoms. The summed E-state index contributed by atoms with van der Waals surface area (Å²) in [7, 11) is -1.67. The number of nitrogens with zero attached hydrogens (tertiary/aromatic N) is 2. The quantitative estimate of drug-likeness (QED) is 0.514. The number of benzene rings is 2. The molecule has 6 nitrogen and oxygen atoms in total. The highest BCUT2D eigenvalue weighted by atomic mass is 32.2. The van der Waals surface area contributed by atoms with E-state index in [4.69, 9.17) is 0 Å². The molecule has 0 saturated carbocycles. The zero-order chi connectivity index (χ0) is 20.7. The molecule has 0 aromatic heterocycles. The Kier molecular flexibility index (Phi) is 7.14. The number of aliphatic imine (C=N–C) groups is 1. The highest BCUT2D eigenvalue weighted by Crippen LogP contribution is 2.29. The number of para-hydroxylation sites is 1. The molecule has 1 atom stereocenters. The van der Waals surface area contributed by atoms with Crippen molar-refractivity contribution in [3.63, 3.8) is 0 Å². The van der Waals surface area contributed by atoms with Crippen LogP contribution >= 0.6 is 0 Å². The van der Waals surface area contributed by atoms with E-state index in [-0.39, 0.29) is 11.8 Å². The molecule has 0 fully saturated rings. The average Bonchev–Trinajstić information content (AvgIpc) is 3.17. The third kappa shape index (κ3) is 5.73. The Bertz CT molecular complexity index is 929. The number of anilines is 1. The third-order valence-electron chi connectivity index (χ3n) is 5.15. The average molecular weight is 415 g/mol. The molecule has 2 aromatic carbocycles. The van der Waals surface area contributed by atoms with Crippen LogP contribution in [-0.2, 0) is 22.9 Å². The first kappa shape index (κ1) is 21.2. The first-order valence-corrected chi connectivity index (χ1v) is 11.7. The van der Waals surface area contributed by atoms with E-state index in [0.717, 1.165) is 30.5 Å². The Hall–Kier alpha value is -2.54. The van der Waals surface area contributed by atoms with Gasteiger partial charge in [-0.1, -0.05) is 48.5 Å². The molecule has 2 aromatic rings. The van der Waals surface area contributed by atoms with E-state index in [1.807, 2.05) is 42.5 Å². The maximum absolute atomic E-state index is 12.8. The summed E-state index contributed by atoms with van der Waals surface area (Å²) in [5.41, 5.74) is 3.21. The highest BCUT2D eigenvalue weighted by Gasteiger charge is 2.28. The number of hydrogen-bond donors (Lipinski definition) is 2. The van der Waals surface area contributed by atoms with Crippen LogP contribution in [0.1, 0.15) is 24.5 Å². The van der Waals surface area contributed by atoms with Crippen molar-refractivity contribution >= 4 is 21.7 Å². The van der Waals surface area contributed by atoms with Gasteiger partial charge in [-0.25, -0.2) is 8.42 Å². The molecule has 1 heterocycles. The maximum Gasteiger partial charge on any atom is 0.236 e. The van der Waals surface area contributed by atoms with Gasteiger partial charge >= 0.3 is 0 Å². The Balaban J connectivity index is 1.46. The van der Waals surface area contributed by atoms with Gasteiger partial charge in [-0.2, -0.15) is 0 Å². The van der Waals surface area contributed by atoms with Gasteiger partial charge in [0, 0.05) is 26.2 Å². The molecular weight excluding hydrogens is 384 g/mol. The molecule has 0 radical (unpaired) electrons. The van der Waals surface area contributed by atoms with Crippen LogP contribution in [0.2, 0.25) is 0 Å². The summed E-state index contributed by atoms with van der Waals surface area (Å²) >= 11 is 0. The van der Waals surface area contributed by atoms with E-state index in [1.165, 1.54) is 9.87 Å². The molecule has 156 valence electrons. The number of fused-ring (bicyclic) bond motifs is 1. The van der Waals surface area contributed by atoms with Crippen LogP contribution in [0, 0.1) is 0 Å². The molecular formula is C22H30N4O2S. The van der Waals surface area contributed by atoms with Crippen molar-refractivity contribution in [2.75, 3.05) is 30.2 Å². The minimum absolute atomic E-state index is 0.0282. The minimum atomic E-state index is -3.36. The van der Waals surface area contributed by atoms with Crippen molar-refractivity contribution < 1.29 is 8.42 Å². The number of sulfonamides is 1. The predicted molar refractivity (Wildman–Crippen MR) is 120 cm³/mol. The molecule has 0 spiro atoms. The smallest absolute Gasteiger partial charge is 0.236 e. The van der Waals surface area contributed by atoms with Gasteiger partial charge in [-0.3, -0.25) is 9.30 Å². The topological polar surface area (TPSA) is 73.8 Å². The standard InChI is InChI=1S/C22H30N4O2S/c1-18(12-13-19-8-4-3-5-9-19)25-22(23-2)24-15-17-29(27,28)26-16-14-20-10-6-7-11-21(20)26/h3-11,18H,12-17H2,1-2H3,(H2,23,24,25). The minimum Gasteiger partial charge on any atom is -0.355 e. The van der Waals surface area contributed by atoms with Gasteiger partial charge < -0.3 is 10.6 Å². The van der Waals surface area contributed by atoms with Gasteiger partial charge in [0.05, 0.1) is 11.4 Å². The fraction of sp³-hybridized carbons (Fsp3) is 0.409. The van der Waals surface area contributed by atoms with Crippen LogP contribution in [-0.4, -0.2) is 46.3 Å². The van der Waals surface area contributed by atoms with Gasteiger partial charge in [0.25, 0.3) is 0 Å². The van der Waals surface area contributed by atoms with E-state index in [1.54, 1.807) is 7.05 Å². The number of nitrogens with one attached hydrogen (secondary N) is 2. The second-order valence-corrected chi connectivity index (χ2v) is 9.35. The lowest BCUT2D eigenvalue weighted by molar-refractivity contribution is 0.586. The zero-order valence-corrected chi connectivity index (χ0v) is 18.0. The lowest BCUT2D eigenvalue weighted by atomic mass is 10.1. The second kappa shape index (κ2) is 9.78. The summed E-state index contributed by atoms with van der Waals surface area (Å²) in [6, 6.07) is 18.3. The fourth-order valence-electron chi connectivity index (χ4n) is 3.53. The maximum atomic E-state index is 12.8. The number of aryl methyl sites for hydroxylation is 1. The van der Waals surface area contributed by atoms with Crippen LogP contribution in [0.25, 0.3) is 0 Å². The van der Waals surface area contributed by atoms with Crippen molar-refractivity contribution in [1.29, 1.82) is 0 Å². The summed E-state index contributed by atoms with van der Waals surface area (Å²) in [5, 5.41) is 6.47. The monoisotopic (exact) mass is 414 g/mol. The van der Waals surface area contributed by atoms with Crippen molar-refractivity contribution in [2.24, 2.45) is 4.99 Å². The van der Waals surface area contributed by atoms with E-state index < -0.39 is 10.0 Å². The van der Waals surface area contributed by atoms with Crippen LogP contribution in [0.4, 0.5) is 5.69 Å². The van der Waals surface area contributed by atoms with Gasteiger partial charge in [-0.05, 0) is 43.4 Å². The van der Waals surface area contributed by atoms with Gasteiger partial charge in [0.15, 0.2) is 5.96 Å². The summed E-state index contributed by atoms with van der Waals surface area (Å²) in [6.45, 7) is 2.94. The normalized spacial score (nSPS) is 15.1. The van der Waals surface area contributed by atoms with E-state index in [9.17, 15) is 8.42 Å². The van der Waals surface area contributed by atoms with Crippen molar-refractivity contribution in [2.45, 2.75) is 32.2 Å². The van der Waals surface area contributed by atoms with Crippen LogP contribution in [0.5, 0.6) is 0 Å². The second-order valence-electron chi connectivity index (χ2n) is 7.34. The lowest BCUT2D eigenvalue weighted by Gasteiger charge is -2.21. The lowest BCUT2D eigenvalue weighted by Crippen LogP contribution is -2.45. The summed E-state index contributed by atoms with van der Waals surface area (Å²) in [5.74, 6) is 0.656. The molecule has 3 rings (SSSR count). The summed E-state index contributed by atoms with van der Waals surface area (Å²) in [6.07, 6.45) is 2.72. The number of hydrogen-bond acceptors (Lipinski definition) is 3. The van der Waals surface area contributed by atoms with Gasteiger partial charge in [0.2, 0.25) is 10.0 Å². The van der Waals surface area contributed by atoms with Crippen LogP contribution in [0.3, 0.4) is 0 Å². The third-order valence-corrected chi connectivity index (χ3v) is 6.92. The Morgan fingerprint density at radius 1 is 1.14 bits per heavy atom. The molecule has 1 unspecified atom stereocenters. The SMILES string of the molecule is CN=C(NCCS(=O)(=O)N1CCc2ccccc21)NC(C)CCc1ccccc1. The molecule has 0 amide bonds. The molecule has 1 aliphatic heterocycles. The van der Waals surface area contributed by atoms with E-state index in [0.29, 0.717) is 19.0 Å². The molecule has 0 bridgehead atoms. The van der Waals surface area contributed by atoms with Crippen molar-refractivity contribution in [3.8, 4) is 0 Å². The Morgan fingerprint density at radius 2 is 1.86 bits per heavy atom. The summed E-state index contributed by atoms with van der Waals surface area (Å²) in [4.78, 5) is 4.22. The molecule has 0 saturated heterocycles. The molecule has 1 aliphatic rings. The van der Waals surface area contributed by atoms with Crippen molar-refractivity contribution in [1.82, 2.24) is 10.6 Å². The zero-order valence-electron chi connectivity index (χ0n) is 17.1. The molecule has 0 aliphatic carbocycles. The molecule has 7 heteroatoms. The molecule has 2 N–H and O–H groups in total. The Labute approximate surface area is 174 Å². The number of rotatable bonds is 8. The largest absolute Gasteiger partial charge is 0.355 e. The van der Waals surface area contributed by atoms with Crippen LogP contribution < -0.4 is 14.9 Å². The van der Waals surface area contributed by atoms with Gasteiger partial charge in [-0.15, -0.1) is 0 Å². The van der Waals surface area contributed by atoms with Crippen molar-refractivity contribution in [3.05, 3.63) is 65.7 Å². The fourth-order valence-corrected chi connectivity index (χ4v) is 4.96. The first-order valence-electron chi connectivity index (χ1n) is 10.1. The van der Waals surface area contributed by atoms with E-state index in [2.05, 4.69) is 34.7 Å². The Morgan fingerprint density at radius 3 is 2.62 bits per heavy atom. The van der Waals surface area contributed by atoms with Crippen LogP contribution in [0.15, 0.2) is 59.6 Å². The van der Waals surface area contributed by atoms with E-state index >= 15 is 0 Å². The number of guanidine groups is 1.